The van der Waals surface area contributed by atoms with E-state index in [2.05, 4.69) is 5.32 Å². The lowest BCUT2D eigenvalue weighted by Crippen LogP contribution is -2.51. The third-order valence-corrected chi connectivity index (χ3v) is 4.05. The number of carbonyl (C=O) groups excluding carboxylic acids is 1. The van der Waals surface area contributed by atoms with E-state index in [1.807, 2.05) is 19.9 Å². The van der Waals surface area contributed by atoms with Crippen molar-refractivity contribution < 1.29 is 14.3 Å². The second-order valence-electron chi connectivity index (χ2n) is 4.88. The van der Waals surface area contributed by atoms with Crippen molar-refractivity contribution in [3.8, 4) is 5.75 Å². The number of ether oxygens (including phenoxy) is 2. The monoisotopic (exact) mass is 283 g/mol. The highest BCUT2D eigenvalue weighted by atomic mass is 35.5. The van der Waals surface area contributed by atoms with Gasteiger partial charge in [0.2, 0.25) is 5.91 Å². The van der Waals surface area contributed by atoms with Gasteiger partial charge in [-0.3, -0.25) is 4.79 Å². The zero-order chi connectivity index (χ0) is 14.0. The van der Waals surface area contributed by atoms with E-state index in [9.17, 15) is 4.79 Å². The van der Waals surface area contributed by atoms with Crippen LogP contribution in [-0.4, -0.2) is 26.2 Å². The van der Waals surface area contributed by atoms with Crippen LogP contribution in [0.1, 0.15) is 18.9 Å². The molecule has 0 radical (unpaired) electrons. The zero-order valence-corrected chi connectivity index (χ0v) is 12.1. The van der Waals surface area contributed by atoms with Crippen LogP contribution in [0.25, 0.3) is 0 Å². The Morgan fingerprint density at radius 1 is 1.53 bits per heavy atom. The maximum Gasteiger partial charge on any atom is 0.235 e. The Bertz CT molecular complexity index is 492. The third-order valence-electron chi connectivity index (χ3n) is 3.64. The van der Waals surface area contributed by atoms with Crippen molar-refractivity contribution in [2.75, 3.05) is 25.6 Å². The van der Waals surface area contributed by atoms with Crippen molar-refractivity contribution in [1.82, 2.24) is 0 Å². The molecular formula is C14H18ClNO3. The number of rotatable bonds is 4. The molecule has 1 aliphatic rings. The first-order chi connectivity index (χ1) is 9.02. The number of aryl methyl sites for hydroxylation is 1. The Hall–Kier alpha value is -1.26. The predicted octanol–water partition coefficient (Wildman–Crippen LogP) is 3.02. The molecule has 0 aliphatic carbocycles. The first-order valence-electron chi connectivity index (χ1n) is 6.26. The van der Waals surface area contributed by atoms with Crippen LogP contribution in [0.2, 0.25) is 5.02 Å². The summed E-state index contributed by atoms with van der Waals surface area (Å²) >= 11 is 6.04. The predicted molar refractivity (Wildman–Crippen MR) is 74.9 cm³/mol. The number of carbonyl (C=O) groups is 1. The van der Waals surface area contributed by atoms with E-state index in [1.54, 1.807) is 13.2 Å². The molecule has 5 heteroatoms. The minimum atomic E-state index is -0.404. The number of amides is 1. The highest BCUT2D eigenvalue weighted by Gasteiger charge is 2.44. The van der Waals surface area contributed by atoms with E-state index < -0.39 is 5.41 Å². The number of anilines is 1. The molecule has 1 amide bonds. The Morgan fingerprint density at radius 3 is 2.68 bits per heavy atom. The van der Waals surface area contributed by atoms with Gasteiger partial charge in [0, 0.05) is 11.1 Å². The molecule has 1 N–H and O–H groups in total. The minimum absolute atomic E-state index is 0.0266. The average Bonchev–Trinajstić information content (AvgIpc) is 2.33. The lowest BCUT2D eigenvalue weighted by Gasteiger charge is -2.39. The molecule has 1 aromatic rings. The normalized spacial score (nSPS) is 16.6. The van der Waals surface area contributed by atoms with E-state index in [4.69, 9.17) is 21.1 Å². The maximum atomic E-state index is 12.3. The van der Waals surface area contributed by atoms with Gasteiger partial charge in [0.05, 0.1) is 31.4 Å². The molecular weight excluding hydrogens is 266 g/mol. The van der Waals surface area contributed by atoms with Crippen LogP contribution in [0, 0.1) is 12.3 Å². The first-order valence-corrected chi connectivity index (χ1v) is 6.63. The molecule has 19 heavy (non-hydrogen) atoms. The molecule has 104 valence electrons. The summed E-state index contributed by atoms with van der Waals surface area (Å²) in [4.78, 5) is 12.3. The van der Waals surface area contributed by atoms with Gasteiger partial charge in [0.25, 0.3) is 0 Å². The summed E-state index contributed by atoms with van der Waals surface area (Å²) in [5.41, 5.74) is 1.14. The van der Waals surface area contributed by atoms with Gasteiger partial charge in [-0.2, -0.15) is 0 Å². The molecule has 1 aromatic carbocycles. The van der Waals surface area contributed by atoms with E-state index >= 15 is 0 Å². The Kier molecular flexibility index (Phi) is 4.02. The summed E-state index contributed by atoms with van der Waals surface area (Å²) in [7, 11) is 1.55. The van der Waals surface area contributed by atoms with Crippen LogP contribution in [0.15, 0.2) is 12.1 Å². The molecule has 2 rings (SSSR count). The van der Waals surface area contributed by atoms with Crippen molar-refractivity contribution in [2.24, 2.45) is 5.41 Å². The summed E-state index contributed by atoms with van der Waals surface area (Å²) in [5, 5.41) is 3.54. The zero-order valence-electron chi connectivity index (χ0n) is 11.4. The Labute approximate surface area is 118 Å². The van der Waals surface area contributed by atoms with Crippen molar-refractivity contribution in [3.63, 3.8) is 0 Å². The molecule has 1 heterocycles. The second-order valence-corrected chi connectivity index (χ2v) is 5.29. The number of halogens is 1. The average molecular weight is 284 g/mol. The van der Waals surface area contributed by atoms with Crippen LogP contribution < -0.4 is 10.1 Å². The standard InChI is InChI=1S/C14H18ClNO3/c1-4-14(7-19-8-14)13(17)16-11-5-9(2)10(15)6-12(11)18-3/h5-6H,4,7-8H2,1-3H3,(H,16,17). The van der Waals surface area contributed by atoms with Gasteiger partial charge in [-0.1, -0.05) is 18.5 Å². The summed E-state index contributed by atoms with van der Waals surface area (Å²) in [6.07, 6.45) is 0.758. The highest BCUT2D eigenvalue weighted by molar-refractivity contribution is 6.31. The summed E-state index contributed by atoms with van der Waals surface area (Å²) in [5.74, 6) is 0.539. The van der Waals surface area contributed by atoms with Crippen LogP contribution in [0.3, 0.4) is 0 Å². The smallest absolute Gasteiger partial charge is 0.235 e. The molecule has 0 saturated carbocycles. The number of nitrogens with one attached hydrogen (secondary N) is 1. The molecule has 0 atom stereocenters. The summed E-state index contributed by atoms with van der Waals surface area (Å²) in [6, 6.07) is 3.53. The lowest BCUT2D eigenvalue weighted by molar-refractivity contribution is -0.156. The number of hydrogen-bond acceptors (Lipinski definition) is 3. The number of benzene rings is 1. The second kappa shape index (κ2) is 5.39. The fourth-order valence-corrected chi connectivity index (χ4v) is 2.18. The molecule has 0 bridgehead atoms. The van der Waals surface area contributed by atoms with E-state index in [0.29, 0.717) is 29.7 Å². The molecule has 0 unspecified atom stereocenters. The third kappa shape index (κ3) is 2.55. The largest absolute Gasteiger partial charge is 0.495 e. The van der Waals surface area contributed by atoms with Crippen molar-refractivity contribution in [2.45, 2.75) is 20.3 Å². The fourth-order valence-electron chi connectivity index (χ4n) is 2.03. The topological polar surface area (TPSA) is 47.6 Å². The Morgan fingerprint density at radius 2 is 2.21 bits per heavy atom. The van der Waals surface area contributed by atoms with Gasteiger partial charge in [-0.15, -0.1) is 0 Å². The highest BCUT2D eigenvalue weighted by Crippen LogP contribution is 2.36. The SMILES string of the molecule is CCC1(C(=O)Nc2cc(C)c(Cl)cc2OC)COC1. The van der Waals surface area contributed by atoms with Gasteiger partial charge in [-0.05, 0) is 25.0 Å². The fraction of sp³-hybridized carbons (Fsp3) is 0.500. The molecule has 1 aliphatic heterocycles. The van der Waals surface area contributed by atoms with Crippen LogP contribution in [0.4, 0.5) is 5.69 Å². The number of methoxy groups -OCH3 is 1. The van der Waals surface area contributed by atoms with Crippen LogP contribution in [-0.2, 0) is 9.53 Å². The molecule has 1 saturated heterocycles. The van der Waals surface area contributed by atoms with E-state index in [0.717, 1.165) is 12.0 Å². The van der Waals surface area contributed by atoms with Crippen molar-refractivity contribution in [3.05, 3.63) is 22.7 Å². The lowest BCUT2D eigenvalue weighted by atomic mass is 9.82. The Balaban J connectivity index is 2.23. The van der Waals surface area contributed by atoms with E-state index in [-0.39, 0.29) is 5.91 Å². The van der Waals surface area contributed by atoms with Gasteiger partial charge in [0.15, 0.2) is 0 Å². The maximum absolute atomic E-state index is 12.3. The van der Waals surface area contributed by atoms with Gasteiger partial charge < -0.3 is 14.8 Å². The quantitative estimate of drug-likeness (QED) is 0.924. The molecule has 4 nitrogen and oxygen atoms in total. The minimum Gasteiger partial charge on any atom is -0.495 e. The van der Waals surface area contributed by atoms with Crippen molar-refractivity contribution >= 4 is 23.2 Å². The van der Waals surface area contributed by atoms with Gasteiger partial charge >= 0.3 is 0 Å². The summed E-state index contributed by atoms with van der Waals surface area (Å²) in [6.45, 7) is 4.83. The van der Waals surface area contributed by atoms with Gasteiger partial charge in [-0.25, -0.2) is 0 Å². The molecule has 0 spiro atoms. The number of hydrogen-bond donors (Lipinski definition) is 1. The van der Waals surface area contributed by atoms with Gasteiger partial charge in [0.1, 0.15) is 5.75 Å². The van der Waals surface area contributed by atoms with Crippen LogP contribution >= 0.6 is 11.6 Å². The van der Waals surface area contributed by atoms with Crippen LogP contribution in [0.5, 0.6) is 5.75 Å². The first kappa shape index (κ1) is 14.2. The van der Waals surface area contributed by atoms with Crippen molar-refractivity contribution in [1.29, 1.82) is 0 Å². The molecule has 0 aromatic heterocycles. The van der Waals surface area contributed by atoms with E-state index in [1.165, 1.54) is 0 Å². The molecule has 1 fully saturated rings. The summed E-state index contributed by atoms with van der Waals surface area (Å²) < 4.78 is 10.4.